The molecule has 0 radical (unpaired) electrons. The zero-order chi connectivity index (χ0) is 20.2. The number of fused-ring (bicyclic) bond motifs is 1. The molecule has 1 atom stereocenters. The number of carbonyl (C=O) groups is 2. The van der Waals surface area contributed by atoms with E-state index < -0.39 is 0 Å². The number of anilines is 1. The van der Waals surface area contributed by atoms with Gasteiger partial charge in [0, 0.05) is 23.5 Å². The summed E-state index contributed by atoms with van der Waals surface area (Å²) in [6, 6.07) is 21.2. The third kappa shape index (κ3) is 4.02. The topological polar surface area (TPSA) is 51.1 Å². The van der Waals surface area contributed by atoms with Crippen LogP contribution >= 0.6 is 0 Å². The molecule has 4 heteroatoms. The predicted octanol–water partition coefficient (Wildman–Crippen LogP) is 5.19. The van der Waals surface area contributed by atoms with E-state index in [0.29, 0.717) is 24.2 Å². The number of aryl methyl sites for hydroxylation is 1. The van der Waals surface area contributed by atoms with Crippen molar-refractivity contribution >= 4 is 17.4 Å². The molecule has 1 aromatic heterocycles. The number of carbonyl (C=O) groups excluding carboxylic acids is 2. The molecule has 3 aromatic rings. The first-order valence-electron chi connectivity index (χ1n) is 10.4. The zero-order valence-electron chi connectivity index (χ0n) is 16.7. The van der Waals surface area contributed by atoms with Crippen molar-refractivity contribution in [2.45, 2.75) is 45.1 Å². The summed E-state index contributed by atoms with van der Waals surface area (Å²) in [7, 11) is 0. The van der Waals surface area contributed by atoms with E-state index in [0.717, 1.165) is 17.8 Å². The quantitative estimate of drug-likeness (QED) is 0.568. The minimum atomic E-state index is -0.230. The lowest BCUT2D eigenvalue weighted by Crippen LogP contribution is -2.19. The smallest absolute Gasteiger partial charge is 0.233 e. The van der Waals surface area contributed by atoms with Gasteiger partial charge in [-0.05, 0) is 49.1 Å². The molecule has 1 N–H and O–H groups in total. The Morgan fingerprint density at radius 3 is 2.48 bits per heavy atom. The maximum absolute atomic E-state index is 12.9. The highest BCUT2D eigenvalue weighted by Gasteiger charge is 2.32. The number of hydrogen-bond donors (Lipinski definition) is 1. The zero-order valence-corrected chi connectivity index (χ0v) is 16.7. The lowest BCUT2D eigenvalue weighted by molar-refractivity contribution is -0.117. The van der Waals surface area contributed by atoms with Crippen LogP contribution in [0, 0.1) is 0 Å². The Kier molecular flexibility index (Phi) is 5.61. The van der Waals surface area contributed by atoms with Crippen LogP contribution in [0.4, 0.5) is 5.69 Å². The average molecular weight is 386 g/mol. The molecule has 29 heavy (non-hydrogen) atoms. The largest absolute Gasteiger partial charge is 0.341 e. The van der Waals surface area contributed by atoms with Gasteiger partial charge in [-0.2, -0.15) is 0 Å². The molecular formula is C25H26N2O2. The van der Waals surface area contributed by atoms with Crippen LogP contribution in [0.5, 0.6) is 0 Å². The van der Waals surface area contributed by atoms with Crippen LogP contribution in [0.3, 0.4) is 0 Å². The summed E-state index contributed by atoms with van der Waals surface area (Å²) in [5.74, 6) is -0.241. The molecule has 4 nitrogen and oxygen atoms in total. The second-order valence-corrected chi connectivity index (χ2v) is 7.62. The number of benzene rings is 2. The minimum Gasteiger partial charge on any atom is -0.341 e. The number of rotatable bonds is 7. The van der Waals surface area contributed by atoms with E-state index in [4.69, 9.17) is 0 Å². The van der Waals surface area contributed by atoms with Gasteiger partial charge in [0.1, 0.15) is 0 Å². The molecule has 0 fully saturated rings. The molecule has 148 valence electrons. The third-order valence-electron chi connectivity index (χ3n) is 5.64. The predicted molar refractivity (Wildman–Crippen MR) is 115 cm³/mol. The van der Waals surface area contributed by atoms with Crippen LogP contribution in [0.2, 0.25) is 0 Å². The van der Waals surface area contributed by atoms with Gasteiger partial charge in [-0.25, -0.2) is 0 Å². The number of unbranched alkanes of at least 4 members (excludes halogenated alkanes) is 1. The molecule has 0 saturated carbocycles. The molecule has 1 aliphatic heterocycles. The number of hydrogen-bond acceptors (Lipinski definition) is 2. The van der Waals surface area contributed by atoms with Gasteiger partial charge in [0.05, 0.1) is 11.6 Å². The number of amides is 1. The van der Waals surface area contributed by atoms with Gasteiger partial charge in [0.25, 0.3) is 0 Å². The summed E-state index contributed by atoms with van der Waals surface area (Å²) in [5.41, 5.74) is 4.36. The van der Waals surface area contributed by atoms with E-state index >= 15 is 0 Å². The number of aromatic nitrogens is 1. The molecule has 0 aliphatic carbocycles. The summed E-state index contributed by atoms with van der Waals surface area (Å²) in [6.07, 6.45) is 4.13. The summed E-state index contributed by atoms with van der Waals surface area (Å²) < 4.78 is 1.99. The highest BCUT2D eigenvalue weighted by atomic mass is 16.2. The fourth-order valence-electron chi connectivity index (χ4n) is 4.01. The van der Waals surface area contributed by atoms with Crippen molar-refractivity contribution < 1.29 is 9.59 Å². The van der Waals surface area contributed by atoms with Crippen molar-refractivity contribution in [3.05, 3.63) is 89.2 Å². The van der Waals surface area contributed by atoms with Crippen LogP contribution in [0.15, 0.2) is 66.7 Å². The summed E-state index contributed by atoms with van der Waals surface area (Å²) in [4.78, 5) is 25.7. The van der Waals surface area contributed by atoms with Gasteiger partial charge >= 0.3 is 0 Å². The van der Waals surface area contributed by atoms with Gasteiger partial charge in [0.15, 0.2) is 0 Å². The second-order valence-electron chi connectivity index (χ2n) is 7.62. The summed E-state index contributed by atoms with van der Waals surface area (Å²) in [6.45, 7) is 2.87. The highest BCUT2D eigenvalue weighted by Crippen LogP contribution is 2.32. The third-order valence-corrected chi connectivity index (χ3v) is 5.64. The molecule has 4 rings (SSSR count). The SMILES string of the molecule is CCCCc1ccc(NC(=O)[C@H]2CCn3c(C(=O)c4ccccc4)ccc32)cc1. The Morgan fingerprint density at radius 1 is 1.00 bits per heavy atom. The van der Waals surface area contributed by atoms with Crippen molar-refractivity contribution in [2.75, 3.05) is 5.32 Å². The maximum atomic E-state index is 12.9. The van der Waals surface area contributed by atoms with Crippen molar-refractivity contribution in [3.63, 3.8) is 0 Å². The second kappa shape index (κ2) is 8.48. The summed E-state index contributed by atoms with van der Waals surface area (Å²) >= 11 is 0. The van der Waals surface area contributed by atoms with Crippen molar-refractivity contribution in [2.24, 2.45) is 0 Å². The fraction of sp³-hybridized carbons (Fsp3) is 0.280. The molecule has 0 saturated heterocycles. The van der Waals surface area contributed by atoms with Crippen LogP contribution in [0.25, 0.3) is 0 Å². The first kappa shape index (κ1) is 19.2. The van der Waals surface area contributed by atoms with E-state index in [1.54, 1.807) is 0 Å². The number of nitrogens with zero attached hydrogens (tertiary/aromatic N) is 1. The molecule has 1 amide bonds. The Morgan fingerprint density at radius 2 is 1.76 bits per heavy atom. The standard InChI is InChI=1S/C25H26N2O2/c1-2-3-7-18-10-12-20(13-11-18)26-25(29)21-16-17-27-22(21)14-15-23(27)24(28)19-8-5-4-6-9-19/h4-6,8-15,21H,2-3,7,16-17H2,1H3,(H,26,29)/t21-/m0/s1. The lowest BCUT2D eigenvalue weighted by Gasteiger charge is -2.11. The van der Waals surface area contributed by atoms with Gasteiger partial charge in [-0.3, -0.25) is 9.59 Å². The first-order chi connectivity index (χ1) is 14.2. The van der Waals surface area contributed by atoms with E-state index in [1.165, 1.54) is 18.4 Å². The molecule has 0 bridgehead atoms. The molecular weight excluding hydrogens is 360 g/mol. The van der Waals surface area contributed by atoms with E-state index in [1.807, 2.05) is 59.2 Å². The molecule has 2 aromatic carbocycles. The maximum Gasteiger partial charge on any atom is 0.233 e. The Bertz CT molecular complexity index is 1000. The number of nitrogens with one attached hydrogen (secondary N) is 1. The monoisotopic (exact) mass is 386 g/mol. The highest BCUT2D eigenvalue weighted by molar-refractivity contribution is 6.08. The van der Waals surface area contributed by atoms with E-state index in [-0.39, 0.29) is 17.6 Å². The van der Waals surface area contributed by atoms with Crippen molar-refractivity contribution in [3.8, 4) is 0 Å². The van der Waals surface area contributed by atoms with Gasteiger partial charge in [-0.1, -0.05) is 55.8 Å². The normalized spacial score (nSPS) is 15.1. The Hall–Kier alpha value is -3.14. The molecule has 0 spiro atoms. The Balaban J connectivity index is 1.46. The summed E-state index contributed by atoms with van der Waals surface area (Å²) in [5, 5.41) is 3.04. The molecule has 1 aliphatic rings. The molecule has 2 heterocycles. The lowest BCUT2D eigenvalue weighted by atomic mass is 10.0. The Labute approximate surface area is 171 Å². The van der Waals surface area contributed by atoms with Gasteiger partial charge in [0.2, 0.25) is 11.7 Å². The minimum absolute atomic E-state index is 0.000534. The fourth-order valence-corrected chi connectivity index (χ4v) is 4.01. The van der Waals surface area contributed by atoms with Crippen molar-refractivity contribution in [1.29, 1.82) is 0 Å². The van der Waals surface area contributed by atoms with E-state index in [2.05, 4.69) is 24.4 Å². The van der Waals surface area contributed by atoms with Gasteiger partial charge < -0.3 is 9.88 Å². The van der Waals surface area contributed by atoms with Crippen molar-refractivity contribution in [1.82, 2.24) is 4.57 Å². The average Bonchev–Trinajstić information content (AvgIpc) is 3.35. The first-order valence-corrected chi connectivity index (χ1v) is 10.4. The van der Waals surface area contributed by atoms with E-state index in [9.17, 15) is 9.59 Å². The van der Waals surface area contributed by atoms with Crippen LogP contribution in [-0.4, -0.2) is 16.3 Å². The van der Waals surface area contributed by atoms with Gasteiger partial charge in [-0.15, -0.1) is 0 Å². The number of ketones is 1. The molecule has 0 unspecified atom stereocenters. The van der Waals surface area contributed by atoms with Crippen LogP contribution < -0.4 is 5.32 Å². The van der Waals surface area contributed by atoms with Crippen LogP contribution in [0.1, 0.15) is 59.4 Å². The van der Waals surface area contributed by atoms with Crippen LogP contribution in [-0.2, 0) is 17.8 Å².